The van der Waals surface area contributed by atoms with Gasteiger partial charge in [0.1, 0.15) is 5.75 Å². The topological polar surface area (TPSA) is 38.3 Å². The van der Waals surface area contributed by atoms with Crippen molar-refractivity contribution >= 4 is 11.6 Å². The molecule has 0 atom stereocenters. The van der Waals surface area contributed by atoms with Crippen LogP contribution in [0.2, 0.25) is 0 Å². The number of carbonyl (C=O) groups is 1. The first kappa shape index (κ1) is 17.1. The van der Waals surface area contributed by atoms with E-state index >= 15 is 0 Å². The molecule has 1 N–H and O–H groups in total. The van der Waals surface area contributed by atoms with Gasteiger partial charge in [-0.3, -0.25) is 4.79 Å². The Balaban J connectivity index is 1.93. The van der Waals surface area contributed by atoms with Gasteiger partial charge in [0.25, 0.3) is 5.91 Å². The van der Waals surface area contributed by atoms with E-state index in [1.165, 1.54) is 5.56 Å². The molecule has 0 aliphatic carbocycles. The molecule has 3 nitrogen and oxygen atoms in total. The Hall–Kier alpha value is -2.29. The maximum Gasteiger partial charge on any atom is 0.262 e. The number of hydrogen-bond donors (Lipinski definition) is 1. The van der Waals surface area contributed by atoms with E-state index in [1.807, 2.05) is 49.4 Å². The monoisotopic (exact) mass is 311 g/mol. The van der Waals surface area contributed by atoms with Gasteiger partial charge in [-0.2, -0.15) is 0 Å². The summed E-state index contributed by atoms with van der Waals surface area (Å²) < 4.78 is 5.57. The molecule has 0 spiro atoms. The average Bonchev–Trinajstić information content (AvgIpc) is 2.56. The second-order valence-electron chi connectivity index (χ2n) is 5.69. The second kappa shape index (κ2) is 8.37. The summed E-state index contributed by atoms with van der Waals surface area (Å²) in [5, 5.41) is 2.97. The zero-order valence-corrected chi connectivity index (χ0v) is 14.2. The number of anilines is 1. The lowest BCUT2D eigenvalue weighted by atomic mass is 10.1. The maximum absolute atomic E-state index is 12.1. The lowest BCUT2D eigenvalue weighted by Gasteiger charge is -2.13. The van der Waals surface area contributed by atoms with Crippen LogP contribution in [0.25, 0.3) is 0 Å². The normalized spacial score (nSPS) is 10.4. The van der Waals surface area contributed by atoms with Gasteiger partial charge in [0.15, 0.2) is 6.61 Å². The minimum absolute atomic E-state index is 0.0185. The summed E-state index contributed by atoms with van der Waals surface area (Å²) in [6, 6.07) is 14.0. The fourth-order valence-electron chi connectivity index (χ4n) is 2.57. The van der Waals surface area contributed by atoms with Crippen molar-refractivity contribution in [1.82, 2.24) is 0 Å². The number of nitrogens with one attached hydrogen (secondary N) is 1. The summed E-state index contributed by atoms with van der Waals surface area (Å²) in [6.07, 6.45) is 3.07. The summed E-state index contributed by atoms with van der Waals surface area (Å²) in [6.45, 7) is 6.26. The Kier molecular flexibility index (Phi) is 6.21. The summed E-state index contributed by atoms with van der Waals surface area (Å²) >= 11 is 0. The molecule has 2 aromatic carbocycles. The Labute approximate surface area is 138 Å². The van der Waals surface area contributed by atoms with Gasteiger partial charge in [-0.15, -0.1) is 0 Å². The highest BCUT2D eigenvalue weighted by Crippen LogP contribution is 2.21. The van der Waals surface area contributed by atoms with Crippen LogP contribution < -0.4 is 10.1 Å². The highest BCUT2D eigenvalue weighted by molar-refractivity contribution is 5.93. The van der Waals surface area contributed by atoms with Crippen molar-refractivity contribution < 1.29 is 9.53 Å². The third kappa shape index (κ3) is 4.85. The van der Waals surface area contributed by atoms with Crippen LogP contribution >= 0.6 is 0 Å². The number of benzene rings is 2. The first-order chi connectivity index (χ1) is 11.1. The van der Waals surface area contributed by atoms with Crippen LogP contribution in [0.15, 0.2) is 42.5 Å². The van der Waals surface area contributed by atoms with E-state index < -0.39 is 0 Å². The van der Waals surface area contributed by atoms with E-state index in [-0.39, 0.29) is 12.5 Å². The van der Waals surface area contributed by atoms with Crippen molar-refractivity contribution in [3.63, 3.8) is 0 Å². The molecule has 122 valence electrons. The molecule has 2 rings (SSSR count). The van der Waals surface area contributed by atoms with E-state index in [1.54, 1.807) is 0 Å². The number of rotatable bonds is 7. The van der Waals surface area contributed by atoms with E-state index in [4.69, 9.17) is 4.74 Å². The number of para-hydroxylation sites is 1. The molecule has 0 aliphatic rings. The number of hydrogen-bond acceptors (Lipinski definition) is 2. The summed E-state index contributed by atoms with van der Waals surface area (Å²) in [4.78, 5) is 12.1. The highest BCUT2D eigenvalue weighted by Gasteiger charge is 2.09. The van der Waals surface area contributed by atoms with Crippen LogP contribution in [0.5, 0.6) is 5.75 Å². The number of aryl methyl sites for hydroxylation is 3. The number of carbonyl (C=O) groups excluding carboxylic acids is 1. The molecule has 0 heterocycles. The van der Waals surface area contributed by atoms with Crippen molar-refractivity contribution in [3.8, 4) is 5.75 Å². The molecule has 0 bridgehead atoms. The van der Waals surface area contributed by atoms with Gasteiger partial charge < -0.3 is 10.1 Å². The SMILES string of the molecule is CCCc1ccc(OCC(=O)Nc2c(C)cccc2CC)cc1. The Bertz CT molecular complexity index is 647. The molecule has 0 saturated carbocycles. The third-order valence-electron chi connectivity index (χ3n) is 3.84. The first-order valence-corrected chi connectivity index (χ1v) is 8.24. The van der Waals surface area contributed by atoms with Crippen LogP contribution in [0.3, 0.4) is 0 Å². The Morgan fingerprint density at radius 2 is 1.83 bits per heavy atom. The van der Waals surface area contributed by atoms with Gasteiger partial charge >= 0.3 is 0 Å². The Morgan fingerprint density at radius 1 is 1.09 bits per heavy atom. The third-order valence-corrected chi connectivity index (χ3v) is 3.84. The van der Waals surface area contributed by atoms with Crippen molar-refractivity contribution in [2.45, 2.75) is 40.0 Å². The van der Waals surface area contributed by atoms with E-state index in [0.29, 0.717) is 0 Å². The predicted molar refractivity (Wildman–Crippen MR) is 95.1 cm³/mol. The molecule has 0 aromatic heterocycles. The lowest BCUT2D eigenvalue weighted by Crippen LogP contribution is -2.21. The van der Waals surface area contributed by atoms with E-state index in [2.05, 4.69) is 19.2 Å². The van der Waals surface area contributed by atoms with Crippen LogP contribution in [0.1, 0.15) is 37.0 Å². The maximum atomic E-state index is 12.1. The fourth-order valence-corrected chi connectivity index (χ4v) is 2.57. The molecule has 0 unspecified atom stereocenters. The van der Waals surface area contributed by atoms with Gasteiger partial charge in [-0.05, 0) is 48.6 Å². The van der Waals surface area contributed by atoms with Crippen LogP contribution in [0, 0.1) is 6.92 Å². The molecule has 0 radical (unpaired) electrons. The molecule has 1 amide bonds. The smallest absolute Gasteiger partial charge is 0.262 e. The Morgan fingerprint density at radius 3 is 2.48 bits per heavy atom. The van der Waals surface area contributed by atoms with E-state index in [9.17, 15) is 4.79 Å². The van der Waals surface area contributed by atoms with Crippen LogP contribution in [-0.2, 0) is 17.6 Å². The highest BCUT2D eigenvalue weighted by atomic mass is 16.5. The zero-order chi connectivity index (χ0) is 16.7. The van der Waals surface area contributed by atoms with Gasteiger partial charge in [0.2, 0.25) is 0 Å². The summed E-state index contributed by atoms with van der Waals surface area (Å²) in [5.41, 5.74) is 4.41. The molecular weight excluding hydrogens is 286 g/mol. The van der Waals surface area contributed by atoms with Gasteiger partial charge in [0, 0.05) is 5.69 Å². The zero-order valence-electron chi connectivity index (χ0n) is 14.2. The van der Waals surface area contributed by atoms with Crippen molar-refractivity contribution in [2.24, 2.45) is 0 Å². The van der Waals surface area contributed by atoms with Crippen LogP contribution in [-0.4, -0.2) is 12.5 Å². The standard InChI is InChI=1S/C20H25NO2/c1-4-7-16-10-12-18(13-11-16)23-14-19(22)21-20-15(3)8-6-9-17(20)5-2/h6,8-13H,4-5,7,14H2,1-3H3,(H,21,22). The molecule has 0 aliphatic heterocycles. The van der Waals surface area contributed by atoms with Gasteiger partial charge in [-0.25, -0.2) is 0 Å². The molecule has 23 heavy (non-hydrogen) atoms. The minimum Gasteiger partial charge on any atom is -0.484 e. The molecule has 3 heteroatoms. The number of amides is 1. The fraction of sp³-hybridized carbons (Fsp3) is 0.350. The van der Waals surface area contributed by atoms with E-state index in [0.717, 1.165) is 41.8 Å². The molecule has 2 aromatic rings. The number of ether oxygens (including phenoxy) is 1. The quantitative estimate of drug-likeness (QED) is 0.816. The largest absolute Gasteiger partial charge is 0.484 e. The molecular formula is C20H25NO2. The van der Waals surface area contributed by atoms with Gasteiger partial charge in [-0.1, -0.05) is 50.6 Å². The minimum atomic E-state index is -0.133. The van der Waals surface area contributed by atoms with Crippen molar-refractivity contribution in [1.29, 1.82) is 0 Å². The molecule has 0 fully saturated rings. The summed E-state index contributed by atoms with van der Waals surface area (Å²) in [7, 11) is 0. The first-order valence-electron chi connectivity index (χ1n) is 8.24. The van der Waals surface area contributed by atoms with Gasteiger partial charge in [0.05, 0.1) is 0 Å². The average molecular weight is 311 g/mol. The van der Waals surface area contributed by atoms with Crippen molar-refractivity contribution in [2.75, 3.05) is 11.9 Å². The second-order valence-corrected chi connectivity index (χ2v) is 5.69. The van der Waals surface area contributed by atoms with Crippen molar-refractivity contribution in [3.05, 3.63) is 59.2 Å². The summed E-state index contributed by atoms with van der Waals surface area (Å²) in [5.74, 6) is 0.590. The predicted octanol–water partition coefficient (Wildman–Crippen LogP) is 4.53. The van der Waals surface area contributed by atoms with Crippen LogP contribution in [0.4, 0.5) is 5.69 Å². The molecule has 0 saturated heterocycles. The lowest BCUT2D eigenvalue weighted by molar-refractivity contribution is -0.118.